The molecule has 0 aromatic heterocycles. The van der Waals surface area contributed by atoms with Crippen molar-refractivity contribution in [2.75, 3.05) is 20.4 Å². The fourth-order valence-corrected chi connectivity index (χ4v) is 3.53. The van der Waals surface area contributed by atoms with Crippen LogP contribution in [0.2, 0.25) is 0 Å². The summed E-state index contributed by atoms with van der Waals surface area (Å²) in [6.45, 7) is 0.616. The molecule has 140 valence electrons. The topological polar surface area (TPSA) is 65.1 Å². The molecule has 2 aromatic carbocycles. The zero-order valence-electron chi connectivity index (χ0n) is 15.1. The van der Waals surface area contributed by atoms with Crippen molar-refractivity contribution in [2.45, 2.75) is 19.3 Å². The first-order valence-electron chi connectivity index (χ1n) is 8.99. The summed E-state index contributed by atoms with van der Waals surface area (Å²) in [6.07, 6.45) is 1.43. The Morgan fingerprint density at radius 1 is 1.04 bits per heavy atom. The van der Waals surface area contributed by atoms with Gasteiger partial charge >= 0.3 is 0 Å². The number of hydrogen-bond acceptors (Lipinski definition) is 5. The van der Waals surface area contributed by atoms with Gasteiger partial charge in [-0.1, -0.05) is 18.2 Å². The number of rotatable bonds is 6. The van der Waals surface area contributed by atoms with Crippen LogP contribution < -0.4 is 14.2 Å². The summed E-state index contributed by atoms with van der Waals surface area (Å²) in [5.74, 6) is 1.74. The molecule has 2 aliphatic rings. The van der Waals surface area contributed by atoms with Crippen LogP contribution in [0.3, 0.4) is 0 Å². The van der Waals surface area contributed by atoms with Crippen LogP contribution in [-0.2, 0) is 22.4 Å². The molecule has 0 N–H and O–H groups in total. The first kappa shape index (κ1) is 17.4. The first-order valence-corrected chi connectivity index (χ1v) is 8.99. The van der Waals surface area contributed by atoms with Gasteiger partial charge in [-0.15, -0.1) is 0 Å². The number of carbonyl (C=O) groups excluding carboxylic acids is 2. The predicted molar refractivity (Wildman–Crippen MR) is 97.8 cm³/mol. The van der Waals surface area contributed by atoms with Crippen molar-refractivity contribution >= 4 is 11.8 Å². The van der Waals surface area contributed by atoms with Gasteiger partial charge < -0.3 is 14.2 Å². The minimum Gasteiger partial charge on any atom is -0.497 e. The highest BCUT2D eigenvalue weighted by Crippen LogP contribution is 2.33. The molecule has 4 rings (SSSR count). The maximum atomic E-state index is 12.7. The molecule has 6 nitrogen and oxygen atoms in total. The van der Waals surface area contributed by atoms with Crippen molar-refractivity contribution in [1.29, 1.82) is 0 Å². The van der Waals surface area contributed by atoms with Crippen molar-refractivity contribution in [3.05, 3.63) is 53.6 Å². The van der Waals surface area contributed by atoms with Gasteiger partial charge in [-0.2, -0.15) is 0 Å². The Bertz CT molecular complexity index is 861. The summed E-state index contributed by atoms with van der Waals surface area (Å²) in [6, 6.07) is 13.3. The molecular weight excluding hydrogens is 346 g/mol. The predicted octanol–water partition coefficient (Wildman–Crippen LogP) is 2.58. The van der Waals surface area contributed by atoms with Gasteiger partial charge in [0.1, 0.15) is 5.75 Å². The van der Waals surface area contributed by atoms with Gasteiger partial charge in [-0.25, -0.2) is 0 Å². The zero-order valence-corrected chi connectivity index (χ0v) is 15.1. The molecule has 0 bridgehead atoms. The first-order chi connectivity index (χ1) is 13.1. The average Bonchev–Trinajstić information content (AvgIpc) is 3.25. The van der Waals surface area contributed by atoms with Gasteiger partial charge in [-0.3, -0.25) is 14.5 Å². The standard InChI is InChI=1S/C21H21NO5/c1-25-17-5-2-14(3-6-17)10-16-12-20(23)22(21(16)24)9-8-15-4-7-18-19(11-15)27-13-26-18/h2-7,11,16H,8-10,12-13H2,1H3/t16-/m0/s1. The van der Waals surface area contributed by atoms with Crippen LogP contribution in [0.15, 0.2) is 42.5 Å². The van der Waals surface area contributed by atoms with Crippen LogP contribution in [0, 0.1) is 5.92 Å². The SMILES string of the molecule is COc1ccc(C[C@H]2CC(=O)N(CCc3ccc4c(c3)OCO4)C2=O)cc1. The molecule has 27 heavy (non-hydrogen) atoms. The minimum atomic E-state index is -0.289. The van der Waals surface area contributed by atoms with E-state index in [4.69, 9.17) is 14.2 Å². The summed E-state index contributed by atoms with van der Waals surface area (Å²) in [7, 11) is 1.62. The smallest absolute Gasteiger partial charge is 0.233 e. The monoisotopic (exact) mass is 367 g/mol. The summed E-state index contributed by atoms with van der Waals surface area (Å²) < 4.78 is 15.8. The Labute approximate surface area is 157 Å². The highest BCUT2D eigenvalue weighted by Gasteiger charge is 2.38. The van der Waals surface area contributed by atoms with Gasteiger partial charge in [0.25, 0.3) is 0 Å². The molecule has 2 amide bonds. The lowest BCUT2D eigenvalue weighted by Crippen LogP contribution is -2.33. The molecular formula is C21H21NO5. The number of benzene rings is 2. The average molecular weight is 367 g/mol. The van der Waals surface area contributed by atoms with Gasteiger partial charge in [0.15, 0.2) is 11.5 Å². The van der Waals surface area contributed by atoms with Crippen molar-refractivity contribution < 1.29 is 23.8 Å². The third-order valence-corrected chi connectivity index (χ3v) is 5.04. The van der Waals surface area contributed by atoms with E-state index in [2.05, 4.69) is 0 Å². The fraction of sp³-hybridized carbons (Fsp3) is 0.333. The highest BCUT2D eigenvalue weighted by molar-refractivity contribution is 6.03. The van der Waals surface area contributed by atoms with Crippen molar-refractivity contribution in [3.8, 4) is 17.2 Å². The van der Waals surface area contributed by atoms with Crippen molar-refractivity contribution in [1.82, 2.24) is 4.90 Å². The number of ether oxygens (including phenoxy) is 3. The van der Waals surface area contributed by atoms with Crippen molar-refractivity contribution in [2.24, 2.45) is 5.92 Å². The summed E-state index contributed by atoms with van der Waals surface area (Å²) in [4.78, 5) is 26.4. The lowest BCUT2D eigenvalue weighted by molar-refractivity contribution is -0.139. The molecule has 0 saturated carbocycles. The molecule has 6 heteroatoms. The van der Waals surface area contributed by atoms with E-state index >= 15 is 0 Å². The largest absolute Gasteiger partial charge is 0.497 e. The quantitative estimate of drug-likeness (QED) is 0.735. The normalized spacial score (nSPS) is 18.3. The molecule has 1 fully saturated rings. The lowest BCUT2D eigenvalue weighted by atomic mass is 9.98. The van der Waals surface area contributed by atoms with E-state index in [1.54, 1.807) is 7.11 Å². The van der Waals surface area contributed by atoms with Crippen molar-refractivity contribution in [3.63, 3.8) is 0 Å². The van der Waals surface area contributed by atoms with E-state index in [1.807, 2.05) is 42.5 Å². The molecule has 2 heterocycles. The molecule has 1 saturated heterocycles. The molecule has 1 atom stereocenters. The number of carbonyl (C=O) groups is 2. The number of methoxy groups -OCH3 is 1. The van der Waals surface area contributed by atoms with Gasteiger partial charge in [-0.05, 0) is 48.2 Å². The van der Waals surface area contributed by atoms with E-state index in [1.165, 1.54) is 4.90 Å². The lowest BCUT2D eigenvalue weighted by Gasteiger charge is -2.15. The highest BCUT2D eigenvalue weighted by atomic mass is 16.7. The Kier molecular flexibility index (Phi) is 4.71. The van der Waals surface area contributed by atoms with Gasteiger partial charge in [0, 0.05) is 13.0 Å². The maximum absolute atomic E-state index is 12.7. The minimum absolute atomic E-state index is 0.0865. The number of amides is 2. The van der Waals surface area contributed by atoms with E-state index in [-0.39, 0.29) is 30.9 Å². The van der Waals surface area contributed by atoms with E-state index in [0.717, 1.165) is 22.6 Å². The fourth-order valence-electron chi connectivity index (χ4n) is 3.53. The van der Waals surface area contributed by atoms with Crippen LogP contribution in [0.25, 0.3) is 0 Å². The maximum Gasteiger partial charge on any atom is 0.233 e. The summed E-state index contributed by atoms with van der Waals surface area (Å²) in [5.41, 5.74) is 2.04. The van der Waals surface area contributed by atoms with Gasteiger partial charge in [0.05, 0.1) is 13.0 Å². The number of fused-ring (bicyclic) bond motifs is 1. The summed E-state index contributed by atoms with van der Waals surface area (Å²) in [5, 5.41) is 0. The Morgan fingerprint density at radius 2 is 1.78 bits per heavy atom. The number of imide groups is 1. The molecule has 0 aliphatic carbocycles. The Morgan fingerprint density at radius 3 is 2.56 bits per heavy atom. The second-order valence-electron chi connectivity index (χ2n) is 6.77. The third kappa shape index (κ3) is 3.60. The molecule has 0 radical (unpaired) electrons. The van der Waals surface area contributed by atoms with E-state index < -0.39 is 0 Å². The molecule has 2 aromatic rings. The second-order valence-corrected chi connectivity index (χ2v) is 6.77. The van der Waals surface area contributed by atoms with Gasteiger partial charge in [0.2, 0.25) is 18.6 Å². The van der Waals surface area contributed by atoms with Crippen LogP contribution in [0.4, 0.5) is 0 Å². The number of hydrogen-bond donors (Lipinski definition) is 0. The van der Waals surface area contributed by atoms with Crippen LogP contribution in [-0.4, -0.2) is 37.2 Å². The molecule has 0 unspecified atom stereocenters. The second kappa shape index (κ2) is 7.31. The zero-order chi connectivity index (χ0) is 18.8. The third-order valence-electron chi connectivity index (χ3n) is 5.04. The molecule has 2 aliphatic heterocycles. The van der Waals surface area contributed by atoms with E-state index in [9.17, 15) is 9.59 Å². The van der Waals surface area contributed by atoms with E-state index in [0.29, 0.717) is 25.1 Å². The van der Waals surface area contributed by atoms with Crippen LogP contribution in [0.1, 0.15) is 17.5 Å². The van der Waals surface area contributed by atoms with Crippen LogP contribution in [0.5, 0.6) is 17.2 Å². The number of nitrogens with zero attached hydrogens (tertiary/aromatic N) is 1. The summed E-state index contributed by atoms with van der Waals surface area (Å²) >= 11 is 0. The Hall–Kier alpha value is -3.02. The Balaban J connectivity index is 1.37. The molecule has 0 spiro atoms. The van der Waals surface area contributed by atoms with Crippen LogP contribution >= 0.6 is 0 Å². The number of likely N-dealkylation sites (tertiary alicyclic amines) is 1.